The van der Waals surface area contributed by atoms with Crippen molar-refractivity contribution in [2.75, 3.05) is 12.1 Å². The molecule has 0 spiro atoms. The van der Waals surface area contributed by atoms with Gasteiger partial charge in [0.2, 0.25) is 12.7 Å². The van der Waals surface area contributed by atoms with E-state index in [0.717, 1.165) is 5.56 Å². The van der Waals surface area contributed by atoms with Crippen molar-refractivity contribution in [1.82, 2.24) is 20.2 Å². The zero-order chi connectivity index (χ0) is 18.6. The van der Waals surface area contributed by atoms with Crippen LogP contribution in [0.1, 0.15) is 11.4 Å². The second kappa shape index (κ2) is 7.32. The second-order valence-corrected chi connectivity index (χ2v) is 5.94. The maximum absolute atomic E-state index is 12.2. The number of hydrogen-bond acceptors (Lipinski definition) is 7. The fourth-order valence-electron chi connectivity index (χ4n) is 2.59. The molecule has 1 aromatic heterocycles. The van der Waals surface area contributed by atoms with Crippen LogP contribution in [0.2, 0.25) is 0 Å². The van der Waals surface area contributed by atoms with Gasteiger partial charge in [-0.15, -0.1) is 5.10 Å². The molecule has 9 heteroatoms. The summed E-state index contributed by atoms with van der Waals surface area (Å²) in [4.78, 5) is 12.2. The zero-order valence-corrected chi connectivity index (χ0v) is 14.6. The van der Waals surface area contributed by atoms with Crippen molar-refractivity contribution < 1.29 is 19.0 Å². The smallest absolute Gasteiger partial charge is 0.231 e. The number of amides is 1. The minimum absolute atomic E-state index is 0.118. The van der Waals surface area contributed by atoms with Crippen molar-refractivity contribution in [3.63, 3.8) is 0 Å². The molecular weight excluding hydrogens is 350 g/mol. The number of aryl methyl sites for hydroxylation is 1. The Bertz CT molecular complexity index is 955. The van der Waals surface area contributed by atoms with E-state index < -0.39 is 0 Å². The van der Waals surface area contributed by atoms with Gasteiger partial charge in [0.25, 0.3) is 0 Å². The van der Waals surface area contributed by atoms with E-state index in [1.54, 1.807) is 29.9 Å². The summed E-state index contributed by atoms with van der Waals surface area (Å²) in [5.41, 5.74) is 1.54. The van der Waals surface area contributed by atoms with Crippen LogP contribution in [0, 0.1) is 0 Å². The quantitative estimate of drug-likeness (QED) is 0.708. The summed E-state index contributed by atoms with van der Waals surface area (Å²) < 4.78 is 17.8. The molecule has 1 aliphatic heterocycles. The van der Waals surface area contributed by atoms with Gasteiger partial charge in [0.05, 0.1) is 6.42 Å². The van der Waals surface area contributed by atoms with Crippen LogP contribution in [0.25, 0.3) is 0 Å². The number of carbonyl (C=O) groups is 1. The fourth-order valence-corrected chi connectivity index (χ4v) is 2.59. The summed E-state index contributed by atoms with van der Waals surface area (Å²) in [5, 5.41) is 14.0. The maximum atomic E-state index is 12.2. The van der Waals surface area contributed by atoms with Gasteiger partial charge < -0.3 is 19.5 Å². The Hall–Kier alpha value is -3.62. The summed E-state index contributed by atoms with van der Waals surface area (Å²) >= 11 is 0. The van der Waals surface area contributed by atoms with Gasteiger partial charge >= 0.3 is 0 Å². The molecule has 0 unspecified atom stereocenters. The molecule has 0 atom stereocenters. The van der Waals surface area contributed by atoms with Gasteiger partial charge in [0.1, 0.15) is 12.4 Å². The standard InChI is InChI=1S/C18H17N5O4/c1-23-17(20-21-22-23)10-25-14-5-2-12(3-6-14)8-18(24)19-13-4-7-15-16(9-13)27-11-26-15/h2-7,9H,8,10-11H2,1H3,(H,19,24). The van der Waals surface area contributed by atoms with Crippen LogP contribution in [0.4, 0.5) is 5.69 Å². The molecule has 2 aromatic carbocycles. The molecule has 0 bridgehead atoms. The first-order chi connectivity index (χ1) is 13.2. The number of rotatable bonds is 6. The van der Waals surface area contributed by atoms with Crippen LogP contribution in [-0.4, -0.2) is 32.9 Å². The third kappa shape index (κ3) is 3.97. The highest BCUT2D eigenvalue weighted by Crippen LogP contribution is 2.34. The van der Waals surface area contributed by atoms with Gasteiger partial charge in [-0.05, 0) is 40.3 Å². The number of fused-ring (bicyclic) bond motifs is 1. The van der Waals surface area contributed by atoms with Crippen molar-refractivity contribution in [3.8, 4) is 17.2 Å². The summed E-state index contributed by atoms with van der Waals surface area (Å²) in [7, 11) is 1.75. The Morgan fingerprint density at radius 3 is 2.78 bits per heavy atom. The molecule has 0 aliphatic carbocycles. The molecule has 0 saturated heterocycles. The van der Waals surface area contributed by atoms with E-state index in [1.807, 2.05) is 24.3 Å². The highest BCUT2D eigenvalue weighted by Gasteiger charge is 2.14. The van der Waals surface area contributed by atoms with E-state index in [9.17, 15) is 4.79 Å². The molecule has 2 heterocycles. The summed E-state index contributed by atoms with van der Waals surface area (Å²) in [5.74, 6) is 2.50. The number of anilines is 1. The van der Waals surface area contributed by atoms with Crippen molar-refractivity contribution in [2.24, 2.45) is 7.05 Å². The van der Waals surface area contributed by atoms with E-state index in [0.29, 0.717) is 28.8 Å². The highest BCUT2D eigenvalue weighted by atomic mass is 16.7. The van der Waals surface area contributed by atoms with Crippen LogP contribution in [-0.2, 0) is 24.9 Å². The third-order valence-corrected chi connectivity index (χ3v) is 4.02. The molecule has 0 radical (unpaired) electrons. The number of ether oxygens (including phenoxy) is 3. The normalized spacial score (nSPS) is 12.0. The van der Waals surface area contributed by atoms with Crippen LogP contribution in [0.3, 0.4) is 0 Å². The van der Waals surface area contributed by atoms with Crippen molar-refractivity contribution >= 4 is 11.6 Å². The molecule has 0 saturated carbocycles. The molecule has 3 aromatic rings. The molecule has 1 N–H and O–H groups in total. The van der Waals surface area contributed by atoms with Gasteiger partial charge in [-0.2, -0.15) is 0 Å². The molecule has 1 amide bonds. The lowest BCUT2D eigenvalue weighted by molar-refractivity contribution is -0.115. The topological polar surface area (TPSA) is 100 Å². The second-order valence-electron chi connectivity index (χ2n) is 5.94. The Morgan fingerprint density at radius 2 is 2.00 bits per heavy atom. The molecule has 138 valence electrons. The lowest BCUT2D eigenvalue weighted by atomic mass is 10.1. The van der Waals surface area contributed by atoms with E-state index >= 15 is 0 Å². The fraction of sp³-hybridized carbons (Fsp3) is 0.222. The van der Waals surface area contributed by atoms with Crippen molar-refractivity contribution in [2.45, 2.75) is 13.0 Å². The molecule has 27 heavy (non-hydrogen) atoms. The van der Waals surface area contributed by atoms with E-state index in [1.165, 1.54) is 0 Å². The van der Waals surface area contributed by atoms with Gasteiger partial charge in [-0.25, -0.2) is 4.68 Å². The number of hydrogen-bond donors (Lipinski definition) is 1. The van der Waals surface area contributed by atoms with Gasteiger partial charge in [0.15, 0.2) is 17.3 Å². The number of nitrogens with zero attached hydrogens (tertiary/aromatic N) is 4. The Kier molecular flexibility index (Phi) is 4.56. The largest absolute Gasteiger partial charge is 0.486 e. The number of tetrazole rings is 1. The maximum Gasteiger partial charge on any atom is 0.231 e. The first kappa shape index (κ1) is 16.8. The number of aromatic nitrogens is 4. The molecule has 1 aliphatic rings. The lowest BCUT2D eigenvalue weighted by Crippen LogP contribution is -2.14. The summed E-state index contributed by atoms with van der Waals surface area (Å²) in [6.07, 6.45) is 0.252. The highest BCUT2D eigenvalue weighted by molar-refractivity contribution is 5.92. The predicted molar refractivity (Wildman–Crippen MR) is 94.5 cm³/mol. The Morgan fingerprint density at radius 1 is 1.19 bits per heavy atom. The van der Waals surface area contributed by atoms with Gasteiger partial charge in [-0.3, -0.25) is 4.79 Å². The van der Waals surface area contributed by atoms with Crippen LogP contribution < -0.4 is 19.5 Å². The first-order valence-electron chi connectivity index (χ1n) is 8.30. The van der Waals surface area contributed by atoms with Crippen molar-refractivity contribution in [3.05, 3.63) is 53.9 Å². The molecular formula is C18H17N5O4. The summed E-state index contributed by atoms with van der Waals surface area (Å²) in [6.45, 7) is 0.474. The predicted octanol–water partition coefficient (Wildman–Crippen LogP) is 1.70. The van der Waals surface area contributed by atoms with Gasteiger partial charge in [0, 0.05) is 18.8 Å². The minimum atomic E-state index is -0.118. The number of nitrogens with one attached hydrogen (secondary N) is 1. The van der Waals surface area contributed by atoms with E-state index in [2.05, 4.69) is 20.8 Å². The monoisotopic (exact) mass is 367 g/mol. The van der Waals surface area contributed by atoms with Crippen LogP contribution in [0.15, 0.2) is 42.5 Å². The Balaban J connectivity index is 1.31. The van der Waals surface area contributed by atoms with Crippen LogP contribution in [0.5, 0.6) is 17.2 Å². The molecule has 4 rings (SSSR count). The SMILES string of the molecule is Cn1nnnc1COc1ccc(CC(=O)Nc2ccc3c(c2)OCO3)cc1. The van der Waals surface area contributed by atoms with Crippen LogP contribution >= 0.6 is 0 Å². The molecule has 0 fully saturated rings. The van der Waals surface area contributed by atoms with Crippen molar-refractivity contribution in [1.29, 1.82) is 0 Å². The molecule has 9 nitrogen and oxygen atoms in total. The number of benzene rings is 2. The third-order valence-electron chi connectivity index (χ3n) is 4.02. The minimum Gasteiger partial charge on any atom is -0.486 e. The Labute approximate surface area is 154 Å². The lowest BCUT2D eigenvalue weighted by Gasteiger charge is -2.08. The average Bonchev–Trinajstić information content (AvgIpc) is 3.29. The first-order valence-corrected chi connectivity index (χ1v) is 8.30. The summed E-state index contributed by atoms with van der Waals surface area (Å²) in [6, 6.07) is 12.6. The average molecular weight is 367 g/mol. The number of carbonyl (C=O) groups excluding carboxylic acids is 1. The van der Waals surface area contributed by atoms with E-state index in [-0.39, 0.29) is 25.7 Å². The zero-order valence-electron chi connectivity index (χ0n) is 14.6. The van der Waals surface area contributed by atoms with Gasteiger partial charge in [-0.1, -0.05) is 12.1 Å². The van der Waals surface area contributed by atoms with E-state index in [4.69, 9.17) is 14.2 Å².